The predicted molar refractivity (Wildman–Crippen MR) is 54.7 cm³/mol. The molecule has 1 nitrogen and oxygen atoms in total. The molecule has 0 amide bonds. The van der Waals surface area contributed by atoms with Crippen molar-refractivity contribution in [1.82, 2.24) is 0 Å². The van der Waals surface area contributed by atoms with Crippen LogP contribution < -0.4 is 0 Å². The van der Waals surface area contributed by atoms with E-state index in [1.54, 1.807) is 6.07 Å². The second-order valence-electron chi connectivity index (χ2n) is 3.30. The van der Waals surface area contributed by atoms with Crippen molar-refractivity contribution in [3.05, 3.63) is 34.9 Å². The first-order chi connectivity index (χ1) is 7.20. The van der Waals surface area contributed by atoms with Gasteiger partial charge in [-0.05, 0) is 24.0 Å². The molecule has 0 saturated carbocycles. The van der Waals surface area contributed by atoms with Gasteiger partial charge in [-0.2, -0.15) is 5.26 Å². The first kappa shape index (κ1) is 11.6. The first-order valence-corrected chi connectivity index (χ1v) is 4.96. The Labute approximate surface area is 88.3 Å². The van der Waals surface area contributed by atoms with Gasteiger partial charge in [0.15, 0.2) is 0 Å². The zero-order valence-corrected chi connectivity index (χ0v) is 8.63. The van der Waals surface area contributed by atoms with Crippen LogP contribution >= 0.6 is 0 Å². The number of halogens is 2. The summed E-state index contributed by atoms with van der Waals surface area (Å²) in [6.45, 7) is 1.93. The van der Waals surface area contributed by atoms with Gasteiger partial charge in [-0.1, -0.05) is 25.1 Å². The Bertz CT molecular complexity index is 366. The van der Waals surface area contributed by atoms with E-state index in [2.05, 4.69) is 0 Å². The highest BCUT2D eigenvalue weighted by Gasteiger charge is 2.14. The lowest BCUT2D eigenvalue weighted by Gasteiger charge is -2.11. The third-order valence-electron chi connectivity index (χ3n) is 2.41. The summed E-state index contributed by atoms with van der Waals surface area (Å²) in [5.74, 6) is 0. The van der Waals surface area contributed by atoms with Crippen LogP contribution in [0.15, 0.2) is 18.2 Å². The van der Waals surface area contributed by atoms with Gasteiger partial charge in [0.05, 0.1) is 6.07 Å². The van der Waals surface area contributed by atoms with Crippen LogP contribution in [0.3, 0.4) is 0 Å². The van der Waals surface area contributed by atoms with Crippen molar-refractivity contribution in [1.29, 1.82) is 5.26 Å². The second-order valence-corrected chi connectivity index (χ2v) is 3.30. The van der Waals surface area contributed by atoms with Gasteiger partial charge in [-0.3, -0.25) is 0 Å². The number of nitrogens with zero attached hydrogens (tertiary/aromatic N) is 1. The Morgan fingerprint density at radius 1 is 1.40 bits per heavy atom. The normalized spacial score (nSPS) is 10.3. The van der Waals surface area contributed by atoms with E-state index in [0.717, 1.165) is 12.0 Å². The number of hydrogen-bond acceptors (Lipinski definition) is 1. The molecule has 0 unspecified atom stereocenters. The molecule has 0 aliphatic heterocycles. The second kappa shape index (κ2) is 5.45. The molecule has 0 radical (unpaired) electrons. The Hall–Kier alpha value is -1.43. The van der Waals surface area contributed by atoms with Crippen molar-refractivity contribution < 1.29 is 8.78 Å². The lowest BCUT2D eigenvalue weighted by atomic mass is 9.96. The summed E-state index contributed by atoms with van der Waals surface area (Å²) in [5.41, 5.74) is 1.64. The SMILES string of the molecule is CCc1cccc(C(F)F)c1CCC#N. The Balaban J connectivity index is 3.10. The van der Waals surface area contributed by atoms with Crippen LogP contribution in [0.1, 0.15) is 36.5 Å². The molecule has 1 aromatic carbocycles. The molecule has 15 heavy (non-hydrogen) atoms. The van der Waals surface area contributed by atoms with Crippen molar-refractivity contribution in [2.75, 3.05) is 0 Å². The monoisotopic (exact) mass is 209 g/mol. The Morgan fingerprint density at radius 2 is 2.13 bits per heavy atom. The van der Waals surface area contributed by atoms with Crippen LogP contribution in [-0.4, -0.2) is 0 Å². The fraction of sp³-hybridized carbons (Fsp3) is 0.417. The molecule has 0 bridgehead atoms. The van der Waals surface area contributed by atoms with E-state index >= 15 is 0 Å². The van der Waals surface area contributed by atoms with Crippen molar-refractivity contribution >= 4 is 0 Å². The summed E-state index contributed by atoms with van der Waals surface area (Å²) in [6, 6.07) is 6.92. The predicted octanol–water partition coefficient (Wildman–Crippen LogP) is 3.64. The highest BCUT2D eigenvalue weighted by molar-refractivity contribution is 5.36. The smallest absolute Gasteiger partial charge is 0.205 e. The Morgan fingerprint density at radius 3 is 2.67 bits per heavy atom. The van der Waals surface area contributed by atoms with Crippen molar-refractivity contribution in [3.63, 3.8) is 0 Å². The summed E-state index contributed by atoms with van der Waals surface area (Å²) >= 11 is 0. The van der Waals surface area contributed by atoms with E-state index < -0.39 is 6.43 Å². The van der Waals surface area contributed by atoms with Crippen molar-refractivity contribution in [3.8, 4) is 6.07 Å². The minimum Gasteiger partial charge on any atom is -0.205 e. The minimum atomic E-state index is -2.45. The van der Waals surface area contributed by atoms with E-state index in [1.165, 1.54) is 6.07 Å². The van der Waals surface area contributed by atoms with Crippen LogP contribution in [0.5, 0.6) is 0 Å². The molecular weight excluding hydrogens is 196 g/mol. The maximum absolute atomic E-state index is 12.7. The zero-order valence-electron chi connectivity index (χ0n) is 8.63. The van der Waals surface area contributed by atoms with Crippen LogP contribution in [0, 0.1) is 11.3 Å². The number of aryl methyl sites for hydroxylation is 1. The summed E-state index contributed by atoms with van der Waals surface area (Å²) in [4.78, 5) is 0. The van der Waals surface area contributed by atoms with Crippen LogP contribution in [-0.2, 0) is 12.8 Å². The van der Waals surface area contributed by atoms with Crippen molar-refractivity contribution in [2.45, 2.75) is 32.6 Å². The molecule has 1 aromatic rings. The molecule has 0 atom stereocenters. The lowest BCUT2D eigenvalue weighted by Crippen LogP contribution is -2.00. The summed E-state index contributed by atoms with van der Waals surface area (Å²) in [5, 5.41) is 8.48. The standard InChI is InChI=1S/C12H13F2N/c1-2-9-5-3-6-11(12(13)14)10(9)7-4-8-15/h3,5-6,12H,2,4,7H2,1H3. The summed E-state index contributed by atoms with van der Waals surface area (Å²) < 4.78 is 25.4. The highest BCUT2D eigenvalue weighted by Crippen LogP contribution is 2.26. The summed E-state index contributed by atoms with van der Waals surface area (Å²) in [7, 11) is 0. The number of rotatable bonds is 4. The average molecular weight is 209 g/mol. The molecule has 1 rings (SSSR count). The maximum atomic E-state index is 12.7. The molecule has 0 aliphatic rings. The molecule has 0 aliphatic carbocycles. The van der Waals surface area contributed by atoms with Gasteiger partial charge in [-0.15, -0.1) is 0 Å². The van der Waals surface area contributed by atoms with Crippen molar-refractivity contribution in [2.24, 2.45) is 0 Å². The van der Waals surface area contributed by atoms with Gasteiger partial charge in [0.1, 0.15) is 0 Å². The third kappa shape index (κ3) is 2.76. The molecule has 0 N–H and O–H groups in total. The van der Waals surface area contributed by atoms with E-state index in [0.29, 0.717) is 12.0 Å². The van der Waals surface area contributed by atoms with Crippen LogP contribution in [0.4, 0.5) is 8.78 Å². The Kier molecular flexibility index (Phi) is 4.23. The number of nitriles is 1. The number of alkyl halides is 2. The molecule has 0 spiro atoms. The van der Waals surface area contributed by atoms with Gasteiger partial charge in [0.2, 0.25) is 0 Å². The van der Waals surface area contributed by atoms with Gasteiger partial charge < -0.3 is 0 Å². The van der Waals surface area contributed by atoms with E-state index in [1.807, 2.05) is 19.1 Å². The first-order valence-electron chi connectivity index (χ1n) is 4.96. The molecular formula is C12H13F2N. The molecule has 0 saturated heterocycles. The summed E-state index contributed by atoms with van der Waals surface area (Å²) in [6.07, 6.45) is -1.02. The highest BCUT2D eigenvalue weighted by atomic mass is 19.3. The lowest BCUT2D eigenvalue weighted by molar-refractivity contribution is 0.150. The minimum absolute atomic E-state index is 0.0737. The number of hydrogen-bond donors (Lipinski definition) is 0. The maximum Gasteiger partial charge on any atom is 0.264 e. The fourth-order valence-electron chi connectivity index (χ4n) is 1.68. The largest absolute Gasteiger partial charge is 0.264 e. The third-order valence-corrected chi connectivity index (χ3v) is 2.41. The van der Waals surface area contributed by atoms with Gasteiger partial charge in [-0.25, -0.2) is 8.78 Å². The molecule has 3 heteroatoms. The van der Waals surface area contributed by atoms with Gasteiger partial charge in [0.25, 0.3) is 6.43 Å². The van der Waals surface area contributed by atoms with E-state index in [-0.39, 0.29) is 12.0 Å². The molecule has 0 heterocycles. The van der Waals surface area contributed by atoms with Gasteiger partial charge >= 0.3 is 0 Å². The zero-order chi connectivity index (χ0) is 11.3. The van der Waals surface area contributed by atoms with Crippen LogP contribution in [0.2, 0.25) is 0 Å². The molecule has 0 fully saturated rings. The quantitative estimate of drug-likeness (QED) is 0.742. The number of benzene rings is 1. The van der Waals surface area contributed by atoms with E-state index in [9.17, 15) is 8.78 Å². The van der Waals surface area contributed by atoms with Crippen LogP contribution in [0.25, 0.3) is 0 Å². The molecule has 80 valence electrons. The fourth-order valence-corrected chi connectivity index (χ4v) is 1.68. The average Bonchev–Trinajstić information content (AvgIpc) is 2.25. The topological polar surface area (TPSA) is 23.8 Å². The van der Waals surface area contributed by atoms with Gasteiger partial charge in [0, 0.05) is 12.0 Å². The molecule has 0 aromatic heterocycles. The van der Waals surface area contributed by atoms with E-state index in [4.69, 9.17) is 5.26 Å².